The highest BCUT2D eigenvalue weighted by molar-refractivity contribution is 6.32. The average Bonchev–Trinajstić information content (AvgIpc) is 2.36. The van der Waals surface area contributed by atoms with Crippen LogP contribution in [0.2, 0.25) is 0 Å². The van der Waals surface area contributed by atoms with E-state index in [2.05, 4.69) is 4.99 Å². The maximum Gasteiger partial charge on any atom is 0.189 e. The minimum atomic E-state index is 0.0509. The van der Waals surface area contributed by atoms with Crippen molar-refractivity contribution in [1.82, 2.24) is 0 Å². The fourth-order valence-electron chi connectivity index (χ4n) is 1.01. The van der Waals surface area contributed by atoms with Gasteiger partial charge in [-0.2, -0.15) is 0 Å². The number of nitrogens with zero attached hydrogens (tertiary/aromatic N) is 1. The summed E-state index contributed by atoms with van der Waals surface area (Å²) in [5.74, 6) is 0.0509. The van der Waals surface area contributed by atoms with Crippen molar-refractivity contribution in [2.75, 3.05) is 0 Å². The zero-order valence-electron chi connectivity index (χ0n) is 5.24. The van der Waals surface area contributed by atoms with Gasteiger partial charge in [0.15, 0.2) is 5.78 Å². The van der Waals surface area contributed by atoms with Gasteiger partial charge in [-0.25, -0.2) is 0 Å². The Kier molecular flexibility index (Phi) is 0.947. The van der Waals surface area contributed by atoms with Gasteiger partial charge in [0.25, 0.3) is 0 Å². The van der Waals surface area contributed by atoms with Crippen LogP contribution in [0.1, 0.15) is 0 Å². The molecule has 0 amide bonds. The molecule has 48 valence electrons. The van der Waals surface area contributed by atoms with E-state index < -0.39 is 0 Å². The van der Waals surface area contributed by atoms with E-state index in [1.54, 1.807) is 6.08 Å². The van der Waals surface area contributed by atoms with Crippen LogP contribution in [0.4, 0.5) is 0 Å². The summed E-state index contributed by atoms with van der Waals surface area (Å²) in [6.45, 7) is 0. The van der Waals surface area contributed by atoms with Crippen molar-refractivity contribution < 1.29 is 4.79 Å². The van der Waals surface area contributed by atoms with Gasteiger partial charge in [-0.1, -0.05) is 6.08 Å². The minimum Gasteiger partial charge on any atom is -0.289 e. The molecule has 0 aromatic carbocycles. The molecule has 0 bridgehead atoms. The van der Waals surface area contributed by atoms with Gasteiger partial charge < -0.3 is 0 Å². The number of rotatable bonds is 0. The van der Waals surface area contributed by atoms with Crippen LogP contribution in [0.25, 0.3) is 0 Å². The fraction of sp³-hybridized carbons (Fsp3) is 0. The normalized spacial score (nSPS) is 20.6. The lowest BCUT2D eigenvalue weighted by Crippen LogP contribution is -2.08. The van der Waals surface area contributed by atoms with E-state index in [1.807, 2.05) is 12.2 Å². The van der Waals surface area contributed by atoms with Crippen molar-refractivity contribution >= 4 is 11.5 Å². The van der Waals surface area contributed by atoms with E-state index >= 15 is 0 Å². The molecule has 2 aliphatic rings. The molecular weight excluding hydrogens is 126 g/mol. The maximum absolute atomic E-state index is 11.0. The van der Waals surface area contributed by atoms with Crippen LogP contribution >= 0.6 is 0 Å². The van der Waals surface area contributed by atoms with Gasteiger partial charge in [-0.05, 0) is 12.2 Å². The Morgan fingerprint density at radius 2 is 2.20 bits per heavy atom. The van der Waals surface area contributed by atoms with Gasteiger partial charge in [0, 0.05) is 17.8 Å². The number of carbonyl (C=O) groups excluding carboxylic acids is 1. The predicted molar refractivity (Wildman–Crippen MR) is 38.8 cm³/mol. The Hall–Kier alpha value is -1.44. The van der Waals surface area contributed by atoms with Crippen molar-refractivity contribution in [3.05, 3.63) is 36.1 Å². The zero-order valence-corrected chi connectivity index (χ0v) is 5.24. The van der Waals surface area contributed by atoms with E-state index in [0.29, 0.717) is 5.57 Å². The largest absolute Gasteiger partial charge is 0.289 e. The standard InChI is InChI=1S/C8H5NO/c10-8-4-5-9-7-3-1-2-6(7)8/h1-5H. The van der Waals surface area contributed by atoms with Crippen molar-refractivity contribution in [3.63, 3.8) is 0 Å². The molecule has 0 aromatic heterocycles. The highest BCUT2D eigenvalue weighted by atomic mass is 16.1. The SMILES string of the molecule is O=C1C=CN=C2C=CC=C12. The van der Waals surface area contributed by atoms with E-state index in [4.69, 9.17) is 0 Å². The number of ketones is 1. The second kappa shape index (κ2) is 1.77. The fourth-order valence-corrected chi connectivity index (χ4v) is 1.01. The smallest absolute Gasteiger partial charge is 0.189 e. The molecule has 0 spiro atoms. The number of hydrogen-bond donors (Lipinski definition) is 0. The Labute approximate surface area is 58.3 Å². The third kappa shape index (κ3) is 0.589. The van der Waals surface area contributed by atoms with Gasteiger partial charge in [0.1, 0.15) is 0 Å². The Morgan fingerprint density at radius 1 is 1.30 bits per heavy atom. The van der Waals surface area contributed by atoms with Gasteiger partial charge in [0.2, 0.25) is 0 Å². The van der Waals surface area contributed by atoms with Crippen LogP contribution in [0.15, 0.2) is 41.1 Å². The minimum absolute atomic E-state index is 0.0509. The van der Waals surface area contributed by atoms with E-state index in [0.717, 1.165) is 5.71 Å². The Morgan fingerprint density at radius 3 is 3.00 bits per heavy atom. The lowest BCUT2D eigenvalue weighted by atomic mass is 10.1. The molecule has 2 heteroatoms. The summed E-state index contributed by atoms with van der Waals surface area (Å²) in [5.41, 5.74) is 1.50. The summed E-state index contributed by atoms with van der Waals surface area (Å²) in [5, 5.41) is 0. The molecule has 0 atom stereocenters. The number of hydrogen-bond acceptors (Lipinski definition) is 2. The maximum atomic E-state index is 11.0. The summed E-state index contributed by atoms with van der Waals surface area (Å²) in [7, 11) is 0. The van der Waals surface area contributed by atoms with Crippen LogP contribution in [-0.4, -0.2) is 11.5 Å². The van der Waals surface area contributed by atoms with Gasteiger partial charge >= 0.3 is 0 Å². The van der Waals surface area contributed by atoms with E-state index in [1.165, 1.54) is 12.3 Å². The van der Waals surface area contributed by atoms with Gasteiger partial charge in [0.05, 0.1) is 5.71 Å². The molecule has 0 N–H and O–H groups in total. The first-order valence-corrected chi connectivity index (χ1v) is 3.05. The monoisotopic (exact) mass is 131 g/mol. The van der Waals surface area contributed by atoms with Gasteiger partial charge in [-0.3, -0.25) is 9.79 Å². The van der Waals surface area contributed by atoms with E-state index in [-0.39, 0.29) is 5.78 Å². The first-order chi connectivity index (χ1) is 4.88. The molecule has 1 aliphatic heterocycles. The molecule has 0 saturated heterocycles. The molecule has 0 radical (unpaired) electrons. The van der Waals surface area contributed by atoms with Crippen molar-refractivity contribution in [2.24, 2.45) is 4.99 Å². The first kappa shape index (κ1) is 5.35. The molecule has 1 heterocycles. The molecule has 1 aliphatic carbocycles. The topological polar surface area (TPSA) is 29.4 Å². The predicted octanol–water partition coefficient (Wildman–Crippen LogP) is 1.02. The van der Waals surface area contributed by atoms with Crippen LogP contribution in [0.3, 0.4) is 0 Å². The zero-order chi connectivity index (χ0) is 6.97. The number of fused-ring (bicyclic) bond motifs is 1. The lowest BCUT2D eigenvalue weighted by molar-refractivity contribution is -0.110. The molecule has 2 nitrogen and oxygen atoms in total. The number of allylic oxidation sites excluding steroid dienone is 5. The van der Waals surface area contributed by atoms with Crippen LogP contribution in [-0.2, 0) is 4.79 Å². The lowest BCUT2D eigenvalue weighted by Gasteiger charge is -2.01. The van der Waals surface area contributed by atoms with Crippen LogP contribution < -0.4 is 0 Å². The number of aliphatic imine (C=N–C) groups is 1. The number of carbonyl (C=O) groups is 1. The molecular formula is C8H5NO. The summed E-state index contributed by atoms with van der Waals surface area (Å²) in [6.07, 6.45) is 8.45. The molecule has 2 rings (SSSR count). The van der Waals surface area contributed by atoms with Crippen molar-refractivity contribution in [2.45, 2.75) is 0 Å². The Bertz CT molecular complexity index is 299. The molecule has 0 unspecified atom stereocenters. The quantitative estimate of drug-likeness (QED) is 0.482. The second-order valence-corrected chi connectivity index (χ2v) is 2.13. The van der Waals surface area contributed by atoms with Crippen molar-refractivity contribution in [1.29, 1.82) is 0 Å². The Balaban J connectivity index is 2.54. The highest BCUT2D eigenvalue weighted by Gasteiger charge is 2.16. The van der Waals surface area contributed by atoms with Crippen LogP contribution in [0.5, 0.6) is 0 Å². The summed E-state index contributed by atoms with van der Waals surface area (Å²) < 4.78 is 0. The molecule has 10 heavy (non-hydrogen) atoms. The first-order valence-electron chi connectivity index (χ1n) is 3.05. The summed E-state index contributed by atoms with van der Waals surface area (Å²) >= 11 is 0. The highest BCUT2D eigenvalue weighted by Crippen LogP contribution is 2.13. The average molecular weight is 131 g/mol. The molecule has 0 fully saturated rings. The van der Waals surface area contributed by atoms with Crippen LogP contribution in [0, 0.1) is 0 Å². The van der Waals surface area contributed by atoms with Crippen molar-refractivity contribution in [3.8, 4) is 0 Å². The van der Waals surface area contributed by atoms with Gasteiger partial charge in [-0.15, -0.1) is 0 Å². The third-order valence-electron chi connectivity index (χ3n) is 1.50. The molecule has 0 aromatic rings. The summed E-state index contributed by atoms with van der Waals surface area (Å²) in [6, 6.07) is 0. The third-order valence-corrected chi connectivity index (χ3v) is 1.50. The molecule has 0 saturated carbocycles. The second-order valence-electron chi connectivity index (χ2n) is 2.13. The summed E-state index contributed by atoms with van der Waals surface area (Å²) in [4.78, 5) is 15.0. The van der Waals surface area contributed by atoms with E-state index in [9.17, 15) is 4.79 Å².